The maximum Gasteiger partial charge on any atom is 0.282 e. The van der Waals surface area contributed by atoms with Crippen molar-refractivity contribution in [2.75, 3.05) is 32.5 Å². The van der Waals surface area contributed by atoms with Gasteiger partial charge in [-0.3, -0.25) is 13.5 Å². The summed E-state index contributed by atoms with van der Waals surface area (Å²) in [6.45, 7) is 7.93. The maximum absolute atomic E-state index is 12.9. The summed E-state index contributed by atoms with van der Waals surface area (Å²) < 4.78 is 29.9. The van der Waals surface area contributed by atoms with E-state index >= 15 is 0 Å². The van der Waals surface area contributed by atoms with Crippen molar-refractivity contribution in [2.24, 2.45) is 10.8 Å². The van der Waals surface area contributed by atoms with Crippen LogP contribution in [0, 0.1) is 10.8 Å². The van der Waals surface area contributed by atoms with Crippen LogP contribution in [0.5, 0.6) is 0 Å². The second kappa shape index (κ2) is 8.38. The largest absolute Gasteiger partial charge is 0.303 e. The van der Waals surface area contributed by atoms with Crippen molar-refractivity contribution in [1.29, 1.82) is 0 Å². The van der Waals surface area contributed by atoms with Crippen LogP contribution in [0.2, 0.25) is 5.02 Å². The standard InChI is InChI=1S/C30H34ClN3O4S/c1-28(2)21-13-20(7-8-23(21)34-24-6-4-5-22(31)25(24)26(35)32-27(28)34)19-9-11-33(12-10-19)17-29-14-30(15-29,16-29)18-38-39(3,36)37/h4-8,13,19H,9-12,14-18H2,1-3H3. The van der Waals surface area contributed by atoms with E-state index < -0.39 is 10.1 Å². The minimum atomic E-state index is -3.36. The Labute approximate surface area is 234 Å². The van der Waals surface area contributed by atoms with Gasteiger partial charge in [-0.1, -0.05) is 29.8 Å². The summed E-state index contributed by atoms with van der Waals surface area (Å²) >= 11 is 6.41. The molecule has 1 saturated heterocycles. The highest BCUT2D eigenvalue weighted by Gasteiger charge is 2.67. The molecule has 9 heteroatoms. The third-order valence-electron chi connectivity index (χ3n) is 9.81. The quantitative estimate of drug-likeness (QED) is 0.390. The first-order chi connectivity index (χ1) is 18.4. The van der Waals surface area contributed by atoms with E-state index in [0.717, 1.165) is 75.0 Å². The molecular formula is C30H34ClN3O4S. The van der Waals surface area contributed by atoms with Gasteiger partial charge in [0.05, 0.1) is 39.9 Å². The summed E-state index contributed by atoms with van der Waals surface area (Å²) in [5.74, 6) is 1.27. The fourth-order valence-electron chi connectivity index (χ4n) is 8.20. The molecule has 3 heterocycles. The Morgan fingerprint density at radius 1 is 1.08 bits per heavy atom. The van der Waals surface area contributed by atoms with E-state index in [0.29, 0.717) is 28.3 Å². The number of benzene rings is 2. The normalized spacial score (nSPS) is 27.6. The number of rotatable bonds is 6. The molecule has 206 valence electrons. The fourth-order valence-corrected chi connectivity index (χ4v) is 8.91. The molecule has 0 radical (unpaired) electrons. The van der Waals surface area contributed by atoms with Crippen LogP contribution in [0.3, 0.4) is 0 Å². The predicted octanol–water partition coefficient (Wildman–Crippen LogP) is 5.00. The molecule has 3 aliphatic carbocycles. The monoisotopic (exact) mass is 567 g/mol. The van der Waals surface area contributed by atoms with Gasteiger partial charge in [-0.05, 0) is 105 Å². The van der Waals surface area contributed by atoms with Gasteiger partial charge in [0, 0.05) is 6.54 Å². The molecule has 2 aromatic carbocycles. The van der Waals surface area contributed by atoms with Crippen molar-refractivity contribution in [3.63, 3.8) is 0 Å². The lowest BCUT2D eigenvalue weighted by Gasteiger charge is -2.71. The highest BCUT2D eigenvalue weighted by atomic mass is 35.5. The van der Waals surface area contributed by atoms with Crippen molar-refractivity contribution >= 4 is 32.6 Å². The van der Waals surface area contributed by atoms with E-state index in [1.165, 1.54) is 11.1 Å². The molecule has 0 unspecified atom stereocenters. The Hall–Kier alpha value is -2.26. The number of fused-ring (bicyclic) bond motifs is 5. The van der Waals surface area contributed by atoms with Crippen molar-refractivity contribution in [3.8, 4) is 5.69 Å². The van der Waals surface area contributed by atoms with Gasteiger partial charge in [-0.2, -0.15) is 13.4 Å². The van der Waals surface area contributed by atoms with E-state index in [2.05, 4.69) is 46.5 Å². The van der Waals surface area contributed by atoms with Crippen molar-refractivity contribution < 1.29 is 12.6 Å². The van der Waals surface area contributed by atoms with Gasteiger partial charge in [0.15, 0.2) is 0 Å². The number of aromatic nitrogens is 2. The molecule has 2 bridgehead atoms. The van der Waals surface area contributed by atoms with Crippen LogP contribution >= 0.6 is 11.6 Å². The Bertz CT molecular complexity index is 1670. The Morgan fingerprint density at radius 3 is 2.49 bits per heavy atom. The van der Waals surface area contributed by atoms with Crippen molar-refractivity contribution in [2.45, 2.75) is 57.3 Å². The molecule has 8 rings (SSSR count). The number of halogens is 1. The first-order valence-corrected chi connectivity index (χ1v) is 16.0. The summed E-state index contributed by atoms with van der Waals surface area (Å²) in [6, 6.07) is 12.4. The molecule has 0 spiro atoms. The molecule has 3 saturated carbocycles. The Balaban J connectivity index is 1.06. The van der Waals surface area contributed by atoms with Gasteiger partial charge in [-0.15, -0.1) is 0 Å². The summed E-state index contributed by atoms with van der Waals surface area (Å²) in [5, 5.41) is 0.909. The van der Waals surface area contributed by atoms with E-state index in [1.807, 2.05) is 12.1 Å². The number of piperidine rings is 1. The maximum atomic E-state index is 12.9. The summed E-state index contributed by atoms with van der Waals surface area (Å²) in [6.07, 6.45) is 6.65. The SMILES string of the molecule is CC1(C)c2cc(C3CCN(CC45CC(COS(C)(=O)=O)(C4)C5)CC3)ccc2-n2c1nc(=O)c1c(Cl)cccc12. The summed E-state index contributed by atoms with van der Waals surface area (Å²) in [7, 11) is -3.36. The molecule has 5 aliphatic rings. The average molecular weight is 568 g/mol. The van der Waals surface area contributed by atoms with Crippen LogP contribution in [0.15, 0.2) is 41.2 Å². The van der Waals surface area contributed by atoms with Gasteiger partial charge >= 0.3 is 0 Å². The number of likely N-dealkylation sites (tertiary alicyclic amines) is 1. The molecule has 3 aromatic rings. The molecule has 4 fully saturated rings. The zero-order chi connectivity index (χ0) is 27.4. The highest BCUT2D eigenvalue weighted by molar-refractivity contribution is 7.85. The minimum absolute atomic E-state index is 0.104. The predicted molar refractivity (Wildman–Crippen MR) is 152 cm³/mol. The highest BCUT2D eigenvalue weighted by Crippen LogP contribution is 2.73. The van der Waals surface area contributed by atoms with Crippen LogP contribution in [0.4, 0.5) is 0 Å². The smallest absolute Gasteiger partial charge is 0.282 e. The topological polar surface area (TPSA) is 81.5 Å². The number of hydrogen-bond acceptors (Lipinski definition) is 6. The van der Waals surface area contributed by atoms with Crippen LogP contribution in [0.25, 0.3) is 16.6 Å². The summed E-state index contributed by atoms with van der Waals surface area (Å²) in [5.41, 5.74) is 4.27. The van der Waals surface area contributed by atoms with Crippen LogP contribution < -0.4 is 5.56 Å². The van der Waals surface area contributed by atoms with Crippen molar-refractivity contribution in [1.82, 2.24) is 14.5 Å². The first-order valence-electron chi connectivity index (χ1n) is 13.8. The van der Waals surface area contributed by atoms with Gasteiger partial charge in [0.2, 0.25) is 0 Å². The molecule has 1 aromatic heterocycles. The average Bonchev–Trinajstić information content (AvgIpc) is 3.06. The van der Waals surface area contributed by atoms with Crippen LogP contribution in [-0.4, -0.2) is 55.4 Å². The van der Waals surface area contributed by atoms with E-state index in [9.17, 15) is 13.2 Å². The zero-order valence-electron chi connectivity index (χ0n) is 22.7. The number of hydrogen-bond donors (Lipinski definition) is 0. The van der Waals surface area contributed by atoms with Gasteiger partial charge in [-0.25, -0.2) is 0 Å². The number of nitrogens with zero attached hydrogens (tertiary/aromatic N) is 3. The second-order valence-electron chi connectivity index (χ2n) is 13.2. The second-order valence-corrected chi connectivity index (χ2v) is 15.2. The lowest BCUT2D eigenvalue weighted by molar-refractivity contribution is -0.227. The molecule has 2 aliphatic heterocycles. The van der Waals surface area contributed by atoms with Gasteiger partial charge in [0.25, 0.3) is 15.7 Å². The van der Waals surface area contributed by atoms with Gasteiger partial charge < -0.3 is 4.90 Å². The van der Waals surface area contributed by atoms with Crippen molar-refractivity contribution in [3.05, 3.63) is 68.7 Å². The molecule has 7 nitrogen and oxygen atoms in total. The van der Waals surface area contributed by atoms with E-state index in [4.69, 9.17) is 15.8 Å². The zero-order valence-corrected chi connectivity index (χ0v) is 24.2. The van der Waals surface area contributed by atoms with Crippen LogP contribution in [0.1, 0.15) is 68.8 Å². The third-order valence-corrected chi connectivity index (χ3v) is 10.7. The molecule has 39 heavy (non-hydrogen) atoms. The summed E-state index contributed by atoms with van der Waals surface area (Å²) in [4.78, 5) is 20.0. The van der Waals surface area contributed by atoms with Gasteiger partial charge in [0.1, 0.15) is 5.82 Å². The molecule has 0 N–H and O–H groups in total. The lowest BCUT2D eigenvalue weighted by Crippen LogP contribution is -2.67. The van der Waals surface area contributed by atoms with E-state index in [-0.39, 0.29) is 16.4 Å². The first kappa shape index (κ1) is 25.7. The van der Waals surface area contributed by atoms with E-state index in [1.54, 1.807) is 6.07 Å². The fraction of sp³-hybridized carbons (Fsp3) is 0.533. The third kappa shape index (κ3) is 4.01. The minimum Gasteiger partial charge on any atom is -0.303 e. The van der Waals surface area contributed by atoms with Crippen LogP contribution in [-0.2, 0) is 19.7 Å². The Kier molecular flexibility index (Phi) is 5.52. The molecule has 0 amide bonds. The molecular weight excluding hydrogens is 534 g/mol. The molecule has 0 atom stereocenters. The Morgan fingerprint density at radius 2 is 1.79 bits per heavy atom. The lowest BCUT2D eigenvalue weighted by atomic mass is 9.35.